The van der Waals surface area contributed by atoms with Crippen LogP contribution in [0.3, 0.4) is 0 Å². The van der Waals surface area contributed by atoms with Crippen LogP contribution in [0.4, 0.5) is 0 Å². The van der Waals surface area contributed by atoms with Crippen LogP contribution in [0.25, 0.3) is 0 Å². The van der Waals surface area contributed by atoms with Crippen molar-refractivity contribution in [3.8, 4) is 0 Å². The molecule has 0 bridgehead atoms. The highest BCUT2D eigenvalue weighted by Crippen LogP contribution is 2.19. The van der Waals surface area contributed by atoms with Crippen LogP contribution in [0.2, 0.25) is 0 Å². The molecular weight excluding hydrogens is 174 g/mol. The highest BCUT2D eigenvalue weighted by molar-refractivity contribution is 5.20. The number of nitrogens with zero attached hydrogens (tertiary/aromatic N) is 2. The topological polar surface area (TPSA) is 29.9 Å². The van der Waals surface area contributed by atoms with E-state index in [1.165, 1.54) is 5.56 Å². The summed E-state index contributed by atoms with van der Waals surface area (Å²) >= 11 is 0. The maximum atomic E-state index is 4.34. The number of rotatable bonds is 5. The van der Waals surface area contributed by atoms with Crippen LogP contribution in [-0.2, 0) is 7.05 Å². The lowest BCUT2D eigenvalue weighted by atomic mass is 10.1. The van der Waals surface area contributed by atoms with E-state index in [0.29, 0.717) is 6.04 Å². The van der Waals surface area contributed by atoms with Gasteiger partial charge in [-0.1, -0.05) is 13.0 Å². The van der Waals surface area contributed by atoms with Gasteiger partial charge < -0.3 is 5.32 Å². The first kappa shape index (κ1) is 11.0. The number of aryl methyl sites for hydroxylation is 2. The molecule has 0 spiro atoms. The molecule has 1 unspecified atom stereocenters. The van der Waals surface area contributed by atoms with Gasteiger partial charge in [-0.3, -0.25) is 4.68 Å². The highest BCUT2D eigenvalue weighted by Gasteiger charge is 2.13. The Balaban J connectivity index is 2.85. The first-order chi connectivity index (χ1) is 6.69. The van der Waals surface area contributed by atoms with Gasteiger partial charge in [0.05, 0.1) is 5.69 Å². The summed E-state index contributed by atoms with van der Waals surface area (Å²) in [5.41, 5.74) is 2.37. The molecule has 1 rings (SSSR count). The van der Waals surface area contributed by atoms with E-state index < -0.39 is 0 Å². The Kier molecular flexibility index (Phi) is 3.89. The van der Waals surface area contributed by atoms with Gasteiger partial charge in [-0.2, -0.15) is 5.10 Å². The summed E-state index contributed by atoms with van der Waals surface area (Å²) in [6.45, 7) is 8.90. The molecule has 0 saturated carbocycles. The minimum atomic E-state index is 0.353. The highest BCUT2D eigenvalue weighted by atomic mass is 15.3. The number of aromatic nitrogens is 2. The van der Waals surface area contributed by atoms with Gasteiger partial charge in [-0.25, -0.2) is 0 Å². The van der Waals surface area contributed by atoms with Crippen molar-refractivity contribution in [1.82, 2.24) is 15.1 Å². The van der Waals surface area contributed by atoms with Gasteiger partial charge in [0.25, 0.3) is 0 Å². The quantitative estimate of drug-likeness (QED) is 0.724. The third-order valence-electron chi connectivity index (χ3n) is 2.28. The molecule has 0 fully saturated rings. The Morgan fingerprint density at radius 3 is 2.86 bits per heavy atom. The Morgan fingerprint density at radius 1 is 1.71 bits per heavy atom. The van der Waals surface area contributed by atoms with Crippen LogP contribution in [0.5, 0.6) is 0 Å². The molecule has 1 atom stereocenters. The fourth-order valence-electron chi connectivity index (χ4n) is 1.69. The van der Waals surface area contributed by atoms with Crippen LogP contribution in [0, 0.1) is 6.92 Å². The lowest BCUT2D eigenvalue weighted by molar-refractivity contribution is 0.556. The van der Waals surface area contributed by atoms with Crippen LogP contribution in [-0.4, -0.2) is 16.3 Å². The van der Waals surface area contributed by atoms with E-state index in [2.05, 4.69) is 30.1 Å². The van der Waals surface area contributed by atoms with Crippen molar-refractivity contribution < 1.29 is 0 Å². The minimum Gasteiger partial charge on any atom is -0.310 e. The van der Waals surface area contributed by atoms with Gasteiger partial charge in [-0.15, -0.1) is 6.58 Å². The second-order valence-electron chi connectivity index (χ2n) is 3.48. The molecule has 1 aromatic heterocycles. The minimum absolute atomic E-state index is 0.353. The van der Waals surface area contributed by atoms with Gasteiger partial charge in [0.2, 0.25) is 0 Å². The van der Waals surface area contributed by atoms with Gasteiger partial charge in [0.15, 0.2) is 0 Å². The summed E-state index contributed by atoms with van der Waals surface area (Å²) in [6.07, 6.45) is 4.96. The third-order valence-corrected chi connectivity index (χ3v) is 2.28. The molecule has 0 aliphatic heterocycles. The van der Waals surface area contributed by atoms with Crippen molar-refractivity contribution >= 4 is 0 Å². The van der Waals surface area contributed by atoms with E-state index >= 15 is 0 Å². The van der Waals surface area contributed by atoms with E-state index in [1.54, 1.807) is 0 Å². The zero-order valence-corrected chi connectivity index (χ0v) is 9.25. The van der Waals surface area contributed by atoms with Crippen LogP contribution in [0.1, 0.15) is 30.6 Å². The predicted molar refractivity (Wildman–Crippen MR) is 59.2 cm³/mol. The molecule has 1 heterocycles. The summed E-state index contributed by atoms with van der Waals surface area (Å²) in [4.78, 5) is 0. The molecule has 0 aromatic carbocycles. The normalized spacial score (nSPS) is 12.8. The zero-order chi connectivity index (χ0) is 10.6. The van der Waals surface area contributed by atoms with Gasteiger partial charge in [0, 0.05) is 24.8 Å². The molecule has 0 aliphatic rings. The van der Waals surface area contributed by atoms with Gasteiger partial charge in [0.1, 0.15) is 0 Å². The SMILES string of the molecule is C=CCC(NCC)c1cn(C)nc1C. The summed E-state index contributed by atoms with van der Waals surface area (Å²) in [7, 11) is 1.95. The number of hydrogen-bond acceptors (Lipinski definition) is 2. The Morgan fingerprint density at radius 2 is 2.43 bits per heavy atom. The van der Waals surface area contributed by atoms with E-state index in [9.17, 15) is 0 Å². The molecule has 14 heavy (non-hydrogen) atoms. The standard InChI is InChI=1S/C11H19N3/c1-5-7-11(12-6-2)10-8-14(4)13-9(10)3/h5,8,11-12H,1,6-7H2,2-4H3. The van der Waals surface area contributed by atoms with Crippen LogP contribution < -0.4 is 5.32 Å². The molecule has 0 amide bonds. The van der Waals surface area contributed by atoms with Crippen LogP contribution >= 0.6 is 0 Å². The Hall–Kier alpha value is -1.09. The van der Waals surface area contributed by atoms with Crippen molar-refractivity contribution in [2.24, 2.45) is 7.05 Å². The smallest absolute Gasteiger partial charge is 0.0641 e. The van der Waals surface area contributed by atoms with E-state index in [-0.39, 0.29) is 0 Å². The fraction of sp³-hybridized carbons (Fsp3) is 0.545. The predicted octanol–water partition coefficient (Wildman–Crippen LogP) is 1.96. The summed E-state index contributed by atoms with van der Waals surface area (Å²) in [5.74, 6) is 0. The third kappa shape index (κ3) is 2.45. The summed E-state index contributed by atoms with van der Waals surface area (Å²) < 4.78 is 1.86. The second kappa shape index (κ2) is 4.96. The average Bonchev–Trinajstić information content (AvgIpc) is 2.45. The van der Waals surface area contributed by atoms with Crippen molar-refractivity contribution in [3.63, 3.8) is 0 Å². The molecule has 3 nitrogen and oxygen atoms in total. The lowest BCUT2D eigenvalue weighted by Gasteiger charge is -2.14. The van der Waals surface area contributed by atoms with Crippen molar-refractivity contribution in [3.05, 3.63) is 30.1 Å². The number of nitrogens with one attached hydrogen (secondary N) is 1. The second-order valence-corrected chi connectivity index (χ2v) is 3.48. The van der Waals surface area contributed by atoms with Gasteiger partial charge in [-0.05, 0) is 19.9 Å². The Bertz CT molecular complexity index is 301. The maximum absolute atomic E-state index is 4.34. The van der Waals surface area contributed by atoms with Gasteiger partial charge >= 0.3 is 0 Å². The summed E-state index contributed by atoms with van der Waals surface area (Å²) in [6, 6.07) is 0.353. The van der Waals surface area contributed by atoms with E-state index in [0.717, 1.165) is 18.7 Å². The fourth-order valence-corrected chi connectivity index (χ4v) is 1.69. The maximum Gasteiger partial charge on any atom is 0.0641 e. The molecule has 0 saturated heterocycles. The van der Waals surface area contributed by atoms with Crippen molar-refractivity contribution in [1.29, 1.82) is 0 Å². The van der Waals surface area contributed by atoms with E-state index in [1.807, 2.05) is 24.7 Å². The first-order valence-electron chi connectivity index (χ1n) is 5.03. The number of hydrogen-bond donors (Lipinski definition) is 1. The monoisotopic (exact) mass is 193 g/mol. The first-order valence-corrected chi connectivity index (χ1v) is 5.03. The van der Waals surface area contributed by atoms with E-state index in [4.69, 9.17) is 0 Å². The van der Waals surface area contributed by atoms with Crippen molar-refractivity contribution in [2.75, 3.05) is 6.54 Å². The average molecular weight is 193 g/mol. The largest absolute Gasteiger partial charge is 0.310 e. The van der Waals surface area contributed by atoms with Crippen LogP contribution in [0.15, 0.2) is 18.9 Å². The summed E-state index contributed by atoms with van der Waals surface area (Å²) in [5, 5.41) is 7.77. The van der Waals surface area contributed by atoms with Crippen molar-refractivity contribution in [2.45, 2.75) is 26.3 Å². The molecule has 1 aromatic rings. The molecular formula is C11H19N3. The Labute approximate surface area is 85.8 Å². The lowest BCUT2D eigenvalue weighted by Crippen LogP contribution is -2.20. The zero-order valence-electron chi connectivity index (χ0n) is 9.25. The molecule has 3 heteroatoms. The molecule has 0 aliphatic carbocycles. The molecule has 1 N–H and O–H groups in total. The molecule has 78 valence electrons. The molecule has 0 radical (unpaired) electrons.